The summed E-state index contributed by atoms with van der Waals surface area (Å²) >= 11 is 7.97. The fourth-order valence-electron chi connectivity index (χ4n) is 2.99. The molecule has 0 saturated carbocycles. The Morgan fingerprint density at radius 3 is 2.36 bits per heavy atom. The molecule has 3 aromatic carbocycles. The van der Waals surface area contributed by atoms with Crippen LogP contribution in [0.1, 0.15) is 16.7 Å². The van der Waals surface area contributed by atoms with Crippen LogP contribution < -0.4 is 0 Å². The number of nitrogens with zero attached hydrogens (tertiary/aromatic N) is 3. The minimum atomic E-state index is 0.734. The summed E-state index contributed by atoms with van der Waals surface area (Å²) in [5.74, 6) is 1.57. The summed E-state index contributed by atoms with van der Waals surface area (Å²) in [5, 5.41) is 10.6. The molecule has 28 heavy (non-hydrogen) atoms. The smallest absolute Gasteiger partial charge is 0.196 e. The number of halogens is 1. The molecule has 0 unspecified atom stereocenters. The lowest BCUT2D eigenvalue weighted by atomic mass is 10.1. The molecule has 5 heteroatoms. The molecule has 0 fully saturated rings. The lowest BCUT2D eigenvalue weighted by Crippen LogP contribution is -2.01. The Morgan fingerprint density at radius 1 is 0.857 bits per heavy atom. The molecule has 4 aromatic rings. The van der Waals surface area contributed by atoms with Crippen molar-refractivity contribution in [2.75, 3.05) is 0 Å². The highest BCUT2D eigenvalue weighted by molar-refractivity contribution is 7.98. The van der Waals surface area contributed by atoms with E-state index in [1.165, 1.54) is 11.1 Å². The van der Waals surface area contributed by atoms with Crippen molar-refractivity contribution < 1.29 is 0 Å². The normalized spacial score (nSPS) is 11.0. The lowest BCUT2D eigenvalue weighted by molar-refractivity contribution is 0.884. The zero-order chi connectivity index (χ0) is 19.5. The number of aromatic nitrogens is 3. The van der Waals surface area contributed by atoms with Gasteiger partial charge in [0.05, 0.1) is 5.69 Å². The summed E-state index contributed by atoms with van der Waals surface area (Å²) in [7, 11) is 0. The van der Waals surface area contributed by atoms with Gasteiger partial charge in [0.15, 0.2) is 11.0 Å². The summed E-state index contributed by atoms with van der Waals surface area (Å²) in [6, 6.07) is 24.5. The van der Waals surface area contributed by atoms with Crippen molar-refractivity contribution in [2.45, 2.75) is 24.8 Å². The first-order valence-electron chi connectivity index (χ1n) is 9.08. The molecule has 0 amide bonds. The molecule has 0 aliphatic carbocycles. The first-order chi connectivity index (χ1) is 13.6. The van der Waals surface area contributed by atoms with Crippen molar-refractivity contribution in [3.63, 3.8) is 0 Å². The van der Waals surface area contributed by atoms with Crippen molar-refractivity contribution in [3.05, 3.63) is 94.5 Å². The van der Waals surface area contributed by atoms with Gasteiger partial charge in [-0.3, -0.25) is 4.57 Å². The standard InChI is InChI=1S/C23H20ClN3S/c1-16-12-13-20(14-17(16)2)27-22(18-8-4-3-5-9-18)25-26-23(27)28-15-19-10-6-7-11-21(19)24/h3-14H,15H2,1-2H3. The third kappa shape index (κ3) is 3.84. The summed E-state index contributed by atoms with van der Waals surface area (Å²) in [6.07, 6.45) is 0. The lowest BCUT2D eigenvalue weighted by Gasteiger charge is -2.12. The minimum absolute atomic E-state index is 0.734. The highest BCUT2D eigenvalue weighted by Gasteiger charge is 2.17. The van der Waals surface area contributed by atoms with E-state index < -0.39 is 0 Å². The summed E-state index contributed by atoms with van der Waals surface area (Å²) in [6.45, 7) is 4.25. The predicted molar refractivity (Wildman–Crippen MR) is 117 cm³/mol. The van der Waals surface area contributed by atoms with Gasteiger partial charge in [-0.05, 0) is 48.7 Å². The Bertz CT molecular complexity index is 1110. The van der Waals surface area contributed by atoms with E-state index in [4.69, 9.17) is 11.6 Å². The number of thioether (sulfide) groups is 1. The van der Waals surface area contributed by atoms with Crippen LogP contribution >= 0.6 is 23.4 Å². The molecule has 4 rings (SSSR count). The van der Waals surface area contributed by atoms with Crippen molar-refractivity contribution in [1.82, 2.24) is 14.8 Å². The summed E-state index contributed by atoms with van der Waals surface area (Å²) < 4.78 is 2.13. The Kier molecular flexibility index (Phi) is 5.51. The molecular formula is C23H20ClN3S. The van der Waals surface area contributed by atoms with Crippen LogP contribution in [0.15, 0.2) is 78.0 Å². The van der Waals surface area contributed by atoms with Crippen LogP contribution in [-0.4, -0.2) is 14.8 Å². The molecule has 0 spiro atoms. The summed E-state index contributed by atoms with van der Waals surface area (Å²) in [4.78, 5) is 0. The van der Waals surface area contributed by atoms with Crippen LogP contribution in [0, 0.1) is 13.8 Å². The number of hydrogen-bond donors (Lipinski definition) is 0. The van der Waals surface area contributed by atoms with Gasteiger partial charge in [0.25, 0.3) is 0 Å². The van der Waals surface area contributed by atoms with Gasteiger partial charge in [0, 0.05) is 16.3 Å². The third-order valence-electron chi connectivity index (χ3n) is 4.73. The van der Waals surface area contributed by atoms with Crippen LogP contribution in [0.4, 0.5) is 0 Å². The minimum Gasteiger partial charge on any atom is -0.270 e. The van der Waals surface area contributed by atoms with E-state index >= 15 is 0 Å². The van der Waals surface area contributed by atoms with Gasteiger partial charge < -0.3 is 0 Å². The molecule has 3 nitrogen and oxygen atoms in total. The second-order valence-electron chi connectivity index (χ2n) is 6.66. The maximum atomic E-state index is 6.33. The number of aryl methyl sites for hydroxylation is 2. The largest absolute Gasteiger partial charge is 0.270 e. The maximum absolute atomic E-state index is 6.33. The SMILES string of the molecule is Cc1ccc(-n2c(SCc3ccccc3Cl)nnc2-c2ccccc2)cc1C. The second-order valence-corrected chi connectivity index (χ2v) is 8.01. The molecule has 0 radical (unpaired) electrons. The Balaban J connectivity index is 1.77. The highest BCUT2D eigenvalue weighted by atomic mass is 35.5. The predicted octanol–water partition coefficient (Wildman–Crippen LogP) is 6.50. The molecule has 140 valence electrons. The maximum Gasteiger partial charge on any atom is 0.196 e. The van der Waals surface area contributed by atoms with E-state index in [2.05, 4.69) is 58.9 Å². The Labute approximate surface area is 174 Å². The van der Waals surface area contributed by atoms with E-state index in [1.54, 1.807) is 11.8 Å². The first-order valence-corrected chi connectivity index (χ1v) is 10.4. The second kappa shape index (κ2) is 8.21. The third-order valence-corrected chi connectivity index (χ3v) is 6.08. The van der Waals surface area contributed by atoms with E-state index in [1.807, 2.05) is 42.5 Å². The zero-order valence-corrected chi connectivity index (χ0v) is 17.3. The number of benzene rings is 3. The fraction of sp³-hybridized carbons (Fsp3) is 0.130. The molecule has 1 heterocycles. The topological polar surface area (TPSA) is 30.7 Å². The van der Waals surface area contributed by atoms with E-state index in [0.717, 1.165) is 38.6 Å². The fourth-order valence-corrected chi connectivity index (χ4v) is 4.23. The average molecular weight is 406 g/mol. The summed E-state index contributed by atoms with van der Waals surface area (Å²) in [5.41, 5.74) is 5.70. The van der Waals surface area contributed by atoms with Gasteiger partial charge in [0.1, 0.15) is 0 Å². The molecule has 0 N–H and O–H groups in total. The molecule has 1 aromatic heterocycles. The molecular weight excluding hydrogens is 386 g/mol. The molecule has 0 bridgehead atoms. The van der Waals surface area contributed by atoms with Gasteiger partial charge >= 0.3 is 0 Å². The van der Waals surface area contributed by atoms with E-state index in [-0.39, 0.29) is 0 Å². The van der Waals surface area contributed by atoms with Crippen molar-refractivity contribution in [1.29, 1.82) is 0 Å². The van der Waals surface area contributed by atoms with Crippen LogP contribution in [-0.2, 0) is 5.75 Å². The quantitative estimate of drug-likeness (QED) is 0.355. The molecule has 0 aliphatic rings. The highest BCUT2D eigenvalue weighted by Crippen LogP contribution is 2.31. The van der Waals surface area contributed by atoms with Crippen molar-refractivity contribution in [2.24, 2.45) is 0 Å². The monoisotopic (exact) mass is 405 g/mol. The van der Waals surface area contributed by atoms with Gasteiger partial charge in [-0.1, -0.05) is 78.0 Å². The Morgan fingerprint density at radius 2 is 1.61 bits per heavy atom. The van der Waals surface area contributed by atoms with Crippen LogP contribution in [0.5, 0.6) is 0 Å². The first kappa shape index (κ1) is 18.8. The van der Waals surface area contributed by atoms with Crippen LogP contribution in [0.3, 0.4) is 0 Å². The van der Waals surface area contributed by atoms with E-state index in [0.29, 0.717) is 0 Å². The number of rotatable bonds is 5. The molecule has 0 aliphatic heterocycles. The van der Waals surface area contributed by atoms with E-state index in [9.17, 15) is 0 Å². The average Bonchev–Trinajstić information content (AvgIpc) is 3.14. The number of hydrogen-bond acceptors (Lipinski definition) is 3. The Hall–Kier alpha value is -2.56. The van der Waals surface area contributed by atoms with Crippen molar-refractivity contribution >= 4 is 23.4 Å². The van der Waals surface area contributed by atoms with Crippen molar-refractivity contribution in [3.8, 4) is 17.1 Å². The van der Waals surface area contributed by atoms with Gasteiger partial charge in [-0.25, -0.2) is 0 Å². The zero-order valence-electron chi connectivity index (χ0n) is 15.8. The van der Waals surface area contributed by atoms with Gasteiger partial charge in [-0.15, -0.1) is 10.2 Å². The van der Waals surface area contributed by atoms with Gasteiger partial charge in [0.2, 0.25) is 0 Å². The van der Waals surface area contributed by atoms with Crippen LogP contribution in [0.2, 0.25) is 5.02 Å². The molecule has 0 atom stereocenters. The van der Waals surface area contributed by atoms with Crippen LogP contribution in [0.25, 0.3) is 17.1 Å². The molecule has 0 saturated heterocycles. The van der Waals surface area contributed by atoms with Gasteiger partial charge in [-0.2, -0.15) is 0 Å².